The number of aliphatic imine (C=N–C) groups is 1. The Bertz CT molecular complexity index is 761. The highest BCUT2D eigenvalue weighted by atomic mass is 15.3. The molecule has 142 valence electrons. The molecule has 0 bridgehead atoms. The van der Waals surface area contributed by atoms with E-state index in [-0.39, 0.29) is 0 Å². The van der Waals surface area contributed by atoms with Gasteiger partial charge in [0.25, 0.3) is 0 Å². The zero-order valence-electron chi connectivity index (χ0n) is 15.8. The summed E-state index contributed by atoms with van der Waals surface area (Å²) in [5.74, 6) is 0.573. The highest BCUT2D eigenvalue weighted by molar-refractivity contribution is 5.78. The van der Waals surface area contributed by atoms with E-state index in [1.165, 1.54) is 29.7 Å². The van der Waals surface area contributed by atoms with Gasteiger partial charge in [0.2, 0.25) is 0 Å². The molecule has 2 fully saturated rings. The molecular formula is C22H29N5. The number of nitrogens with two attached hydrogens (primary N) is 1. The second kappa shape index (κ2) is 8.44. The van der Waals surface area contributed by atoms with E-state index >= 15 is 0 Å². The second-order valence-electron chi connectivity index (χ2n) is 7.49. The Labute approximate surface area is 161 Å². The summed E-state index contributed by atoms with van der Waals surface area (Å²) in [4.78, 5) is 9.54. The summed E-state index contributed by atoms with van der Waals surface area (Å²) in [5, 5.41) is 3.26. The molecule has 1 aliphatic carbocycles. The van der Waals surface area contributed by atoms with Crippen molar-refractivity contribution in [1.82, 2.24) is 10.2 Å². The molecule has 5 nitrogen and oxygen atoms in total. The highest BCUT2D eigenvalue weighted by Crippen LogP contribution is 2.19. The molecule has 0 aromatic heterocycles. The molecule has 0 atom stereocenters. The number of anilines is 1. The summed E-state index contributed by atoms with van der Waals surface area (Å²) < 4.78 is 0. The Morgan fingerprint density at radius 3 is 2.30 bits per heavy atom. The molecule has 0 radical (unpaired) electrons. The van der Waals surface area contributed by atoms with Crippen LogP contribution in [0, 0.1) is 0 Å². The lowest BCUT2D eigenvalue weighted by Crippen LogP contribution is -2.46. The monoisotopic (exact) mass is 363 g/mol. The molecule has 0 amide bonds. The quantitative estimate of drug-likeness (QED) is 0.612. The molecule has 1 heterocycles. The first-order chi connectivity index (χ1) is 13.3. The van der Waals surface area contributed by atoms with Gasteiger partial charge in [-0.2, -0.15) is 0 Å². The van der Waals surface area contributed by atoms with Crippen LogP contribution in [0.1, 0.15) is 24.0 Å². The zero-order chi connectivity index (χ0) is 18.5. The van der Waals surface area contributed by atoms with Crippen molar-refractivity contribution in [3.05, 3.63) is 65.7 Å². The molecular weight excluding hydrogens is 334 g/mol. The largest absolute Gasteiger partial charge is 0.370 e. The van der Waals surface area contributed by atoms with E-state index in [0.717, 1.165) is 32.7 Å². The number of hydrogen-bond donors (Lipinski definition) is 2. The Hall–Kier alpha value is -2.53. The van der Waals surface area contributed by atoms with Crippen LogP contribution < -0.4 is 16.0 Å². The molecule has 2 aromatic carbocycles. The third-order valence-corrected chi connectivity index (χ3v) is 5.36. The van der Waals surface area contributed by atoms with Crippen LogP contribution in [0.3, 0.4) is 0 Å². The van der Waals surface area contributed by atoms with Crippen molar-refractivity contribution >= 4 is 11.6 Å². The minimum atomic E-state index is 0.546. The van der Waals surface area contributed by atoms with Crippen molar-refractivity contribution in [2.24, 2.45) is 10.7 Å². The average molecular weight is 364 g/mol. The molecule has 2 aromatic rings. The molecule has 0 unspecified atom stereocenters. The predicted octanol–water partition coefficient (Wildman–Crippen LogP) is 2.58. The van der Waals surface area contributed by atoms with Crippen LogP contribution in [-0.4, -0.2) is 43.1 Å². The van der Waals surface area contributed by atoms with Gasteiger partial charge in [-0.05, 0) is 36.1 Å². The smallest absolute Gasteiger partial charge is 0.189 e. The van der Waals surface area contributed by atoms with Crippen LogP contribution in [-0.2, 0) is 13.1 Å². The van der Waals surface area contributed by atoms with Gasteiger partial charge in [-0.1, -0.05) is 42.5 Å². The minimum absolute atomic E-state index is 0.546. The van der Waals surface area contributed by atoms with Crippen molar-refractivity contribution in [1.29, 1.82) is 0 Å². The molecule has 1 saturated carbocycles. The number of para-hydroxylation sites is 1. The Kier molecular flexibility index (Phi) is 5.58. The van der Waals surface area contributed by atoms with Crippen molar-refractivity contribution in [2.45, 2.75) is 32.0 Å². The van der Waals surface area contributed by atoms with E-state index in [9.17, 15) is 0 Å². The summed E-state index contributed by atoms with van der Waals surface area (Å²) in [7, 11) is 0. The molecule has 4 rings (SSSR count). The maximum Gasteiger partial charge on any atom is 0.189 e. The molecule has 3 N–H and O–H groups in total. The van der Waals surface area contributed by atoms with Crippen LogP contribution in [0.15, 0.2) is 59.6 Å². The maximum absolute atomic E-state index is 5.99. The lowest BCUT2D eigenvalue weighted by Gasteiger charge is -2.36. The van der Waals surface area contributed by atoms with Gasteiger partial charge in [0.1, 0.15) is 0 Å². The molecule has 1 saturated heterocycles. The number of nitrogens with one attached hydrogen (secondary N) is 1. The number of nitrogens with zero attached hydrogens (tertiary/aromatic N) is 3. The molecule has 0 spiro atoms. The van der Waals surface area contributed by atoms with Crippen LogP contribution in [0.25, 0.3) is 0 Å². The first-order valence-corrected chi connectivity index (χ1v) is 9.93. The first-order valence-electron chi connectivity index (χ1n) is 9.93. The SMILES string of the molecule is NC(=NCc1ccccc1CN1CCN(c2ccccc2)CC1)NC1CC1. The van der Waals surface area contributed by atoms with Crippen molar-refractivity contribution in [3.8, 4) is 0 Å². The predicted molar refractivity (Wildman–Crippen MR) is 112 cm³/mol. The maximum atomic E-state index is 5.99. The summed E-state index contributed by atoms with van der Waals surface area (Å²) in [5.41, 5.74) is 9.94. The number of guanidine groups is 1. The van der Waals surface area contributed by atoms with Crippen molar-refractivity contribution in [2.75, 3.05) is 31.1 Å². The number of piperazine rings is 1. The van der Waals surface area contributed by atoms with Crippen molar-refractivity contribution < 1.29 is 0 Å². The van der Waals surface area contributed by atoms with Gasteiger partial charge < -0.3 is 16.0 Å². The van der Waals surface area contributed by atoms with Gasteiger partial charge in [0, 0.05) is 44.5 Å². The number of rotatable bonds is 6. The molecule has 27 heavy (non-hydrogen) atoms. The summed E-state index contributed by atoms with van der Waals surface area (Å²) in [6.07, 6.45) is 2.42. The summed E-state index contributed by atoms with van der Waals surface area (Å²) in [6.45, 7) is 5.93. The third-order valence-electron chi connectivity index (χ3n) is 5.36. The van der Waals surface area contributed by atoms with Crippen LogP contribution >= 0.6 is 0 Å². The molecule has 1 aliphatic heterocycles. The van der Waals surface area contributed by atoms with Gasteiger partial charge in [-0.3, -0.25) is 4.90 Å². The fraction of sp³-hybridized carbons (Fsp3) is 0.409. The topological polar surface area (TPSA) is 56.9 Å². The second-order valence-corrected chi connectivity index (χ2v) is 7.49. The van der Waals surface area contributed by atoms with Crippen LogP contribution in [0.4, 0.5) is 5.69 Å². The average Bonchev–Trinajstić information content (AvgIpc) is 3.52. The fourth-order valence-electron chi connectivity index (χ4n) is 3.56. The van der Waals surface area contributed by atoms with Crippen molar-refractivity contribution in [3.63, 3.8) is 0 Å². The van der Waals surface area contributed by atoms with Gasteiger partial charge >= 0.3 is 0 Å². The minimum Gasteiger partial charge on any atom is -0.370 e. The van der Waals surface area contributed by atoms with Crippen LogP contribution in [0.5, 0.6) is 0 Å². The Morgan fingerprint density at radius 1 is 0.926 bits per heavy atom. The normalized spacial score (nSPS) is 18.5. The number of hydrogen-bond acceptors (Lipinski definition) is 3. The van der Waals surface area contributed by atoms with E-state index in [1.54, 1.807) is 0 Å². The highest BCUT2D eigenvalue weighted by Gasteiger charge is 2.21. The van der Waals surface area contributed by atoms with E-state index in [4.69, 9.17) is 5.73 Å². The molecule has 2 aliphatic rings. The fourth-order valence-corrected chi connectivity index (χ4v) is 3.56. The Balaban J connectivity index is 1.33. The van der Waals surface area contributed by atoms with E-state index < -0.39 is 0 Å². The lowest BCUT2D eigenvalue weighted by atomic mass is 10.1. The standard InChI is InChI=1S/C22H29N5/c23-22(25-20-10-11-20)24-16-18-6-4-5-7-19(18)17-26-12-14-27(15-13-26)21-8-2-1-3-9-21/h1-9,20H,10-17H2,(H3,23,24,25). The summed E-state index contributed by atoms with van der Waals surface area (Å²) >= 11 is 0. The van der Waals surface area contributed by atoms with Gasteiger partial charge in [-0.25, -0.2) is 4.99 Å². The molecule has 5 heteroatoms. The van der Waals surface area contributed by atoms with E-state index in [1.807, 2.05) is 0 Å². The van der Waals surface area contributed by atoms with Gasteiger partial charge in [0.05, 0.1) is 6.54 Å². The van der Waals surface area contributed by atoms with E-state index in [2.05, 4.69) is 74.7 Å². The lowest BCUT2D eigenvalue weighted by molar-refractivity contribution is 0.249. The van der Waals surface area contributed by atoms with Gasteiger partial charge in [-0.15, -0.1) is 0 Å². The summed E-state index contributed by atoms with van der Waals surface area (Å²) in [6, 6.07) is 19.8. The Morgan fingerprint density at radius 2 is 1.59 bits per heavy atom. The third kappa shape index (κ3) is 5.01. The van der Waals surface area contributed by atoms with Crippen LogP contribution in [0.2, 0.25) is 0 Å². The first kappa shape index (κ1) is 17.9. The number of benzene rings is 2. The van der Waals surface area contributed by atoms with E-state index in [0.29, 0.717) is 18.5 Å². The van der Waals surface area contributed by atoms with Gasteiger partial charge in [0.15, 0.2) is 5.96 Å². The zero-order valence-corrected chi connectivity index (χ0v) is 15.8.